The smallest absolute Gasteiger partial charge is 0.359 e. The van der Waals surface area contributed by atoms with Crippen LogP contribution >= 0.6 is 7.60 Å². The van der Waals surface area contributed by atoms with Crippen LogP contribution in [0.2, 0.25) is 18.1 Å². The van der Waals surface area contributed by atoms with Crippen molar-refractivity contribution >= 4 is 27.9 Å². The van der Waals surface area contributed by atoms with Crippen LogP contribution in [0.25, 0.3) is 0 Å². The van der Waals surface area contributed by atoms with Crippen molar-refractivity contribution in [3.63, 3.8) is 0 Å². The molecule has 0 fully saturated rings. The molecule has 0 aliphatic rings. The van der Waals surface area contributed by atoms with Crippen molar-refractivity contribution in [1.82, 2.24) is 9.55 Å². The Hall–Kier alpha value is -2.43. The van der Waals surface area contributed by atoms with Gasteiger partial charge in [0.05, 0.1) is 37.3 Å². The van der Waals surface area contributed by atoms with Gasteiger partial charge in [0.15, 0.2) is 14.5 Å². The van der Waals surface area contributed by atoms with E-state index in [-0.39, 0.29) is 31.5 Å². The topological polar surface area (TPSA) is 180 Å². The zero-order chi connectivity index (χ0) is 37.0. The van der Waals surface area contributed by atoms with Gasteiger partial charge in [-0.05, 0) is 65.8 Å². The highest BCUT2D eigenvalue weighted by atomic mass is 31.2. The van der Waals surface area contributed by atoms with E-state index in [0.717, 1.165) is 16.5 Å². The second-order valence-electron chi connectivity index (χ2n) is 14.5. The van der Waals surface area contributed by atoms with Gasteiger partial charge in [-0.15, -0.1) is 0 Å². The molecule has 48 heavy (non-hydrogen) atoms. The first-order chi connectivity index (χ1) is 21.9. The molecule has 1 aromatic rings. The Kier molecular flexibility index (Phi) is 16.8. The van der Waals surface area contributed by atoms with E-state index in [1.54, 1.807) is 41.5 Å². The molecule has 0 unspecified atom stereocenters. The van der Waals surface area contributed by atoms with Crippen molar-refractivity contribution in [2.24, 2.45) is 10.8 Å². The molecule has 0 aromatic carbocycles. The number of aromatic amines is 1. The predicted octanol–water partition coefficient (Wildman–Crippen LogP) is 4.94. The van der Waals surface area contributed by atoms with Crippen molar-refractivity contribution in [3.05, 3.63) is 45.0 Å². The minimum atomic E-state index is -4.27. The van der Waals surface area contributed by atoms with Gasteiger partial charge in [0, 0.05) is 25.2 Å². The summed E-state index contributed by atoms with van der Waals surface area (Å²) in [6, 6.07) is 1.16. The van der Waals surface area contributed by atoms with Crippen molar-refractivity contribution in [2.75, 3.05) is 47.1 Å². The number of ether oxygens (including phenoxy) is 5. The van der Waals surface area contributed by atoms with Gasteiger partial charge in [-0.1, -0.05) is 20.8 Å². The van der Waals surface area contributed by atoms with Crippen molar-refractivity contribution in [3.8, 4) is 0 Å². The maximum Gasteiger partial charge on any atom is 0.359 e. The Morgan fingerprint density at radius 3 is 1.92 bits per heavy atom. The SMILES string of the molecule is COCCOC[C@@H](O[C@H](/C=C/P(=O)(OCOC(=O)C(C)(C)C)OCOC(=O)C(C)(C)C)CO[Si](C)(C)C(C)(C)C)n1ccc(=O)[nH]c1=O. The highest BCUT2D eigenvalue weighted by molar-refractivity contribution is 7.57. The number of esters is 2. The lowest BCUT2D eigenvalue weighted by molar-refractivity contribution is -0.161. The van der Waals surface area contributed by atoms with E-state index in [0.29, 0.717) is 0 Å². The fourth-order valence-corrected chi connectivity index (χ4v) is 5.14. The van der Waals surface area contributed by atoms with Crippen LogP contribution in [0.1, 0.15) is 68.5 Å². The summed E-state index contributed by atoms with van der Waals surface area (Å²) >= 11 is 0. The lowest BCUT2D eigenvalue weighted by atomic mass is 9.98. The zero-order valence-corrected chi connectivity index (χ0v) is 32.3. The van der Waals surface area contributed by atoms with Gasteiger partial charge < -0.3 is 28.1 Å². The predicted molar refractivity (Wildman–Crippen MR) is 181 cm³/mol. The molecule has 15 nitrogen and oxygen atoms in total. The van der Waals surface area contributed by atoms with Gasteiger partial charge in [-0.2, -0.15) is 0 Å². The summed E-state index contributed by atoms with van der Waals surface area (Å²) in [5.41, 5.74) is -3.05. The van der Waals surface area contributed by atoms with Crippen LogP contribution in [0.5, 0.6) is 0 Å². The van der Waals surface area contributed by atoms with Gasteiger partial charge in [0.2, 0.25) is 13.6 Å². The maximum atomic E-state index is 13.9. The van der Waals surface area contributed by atoms with E-state index in [2.05, 4.69) is 25.8 Å². The second kappa shape index (κ2) is 18.5. The number of hydrogen-bond acceptors (Lipinski definition) is 13. The van der Waals surface area contributed by atoms with Gasteiger partial charge in [-0.3, -0.25) is 37.5 Å². The molecule has 1 aromatic heterocycles. The summed E-state index contributed by atoms with van der Waals surface area (Å²) in [6.07, 6.45) is 0.573. The van der Waals surface area contributed by atoms with E-state index in [9.17, 15) is 23.7 Å². The average molecular weight is 723 g/mol. The molecule has 0 radical (unpaired) electrons. The summed E-state index contributed by atoms with van der Waals surface area (Å²) in [7, 11) is -5.11. The highest BCUT2D eigenvalue weighted by Gasteiger charge is 2.38. The van der Waals surface area contributed by atoms with Crippen LogP contribution in [0.4, 0.5) is 0 Å². The van der Waals surface area contributed by atoms with E-state index in [1.807, 2.05) is 13.1 Å². The Morgan fingerprint density at radius 1 is 0.917 bits per heavy atom. The molecule has 2 atom stereocenters. The number of carbonyl (C=O) groups is 2. The molecule has 17 heteroatoms. The van der Waals surface area contributed by atoms with Crippen LogP contribution in [-0.2, 0) is 51.3 Å². The monoisotopic (exact) mass is 722 g/mol. The molecule has 1 N–H and O–H groups in total. The Labute approximate surface area is 284 Å². The standard InChI is InChI=1S/C31H55N2O13PSi/c1-29(2,3)26(35)41-21-43-47(38,44-22-42-27(36)30(4,5)6)18-14-23(19-45-48(11,12)31(7,8)9)46-25(20-40-17-16-39-10)33-15-13-24(34)32-28(33)37/h13-15,18,23,25H,16-17,19-22H2,1-12H3,(H,32,34,37)/b18-14+/t23-,25-/m1/s1. The molecule has 0 spiro atoms. The minimum absolute atomic E-state index is 0.0440. The summed E-state index contributed by atoms with van der Waals surface area (Å²) in [5, 5.41) is -0.171. The maximum absolute atomic E-state index is 13.9. The van der Waals surface area contributed by atoms with Gasteiger partial charge in [-0.25, -0.2) is 4.79 Å². The highest BCUT2D eigenvalue weighted by Crippen LogP contribution is 2.50. The molecule has 0 aliphatic carbocycles. The van der Waals surface area contributed by atoms with Crippen LogP contribution in [-0.4, -0.2) is 83.0 Å². The van der Waals surface area contributed by atoms with Gasteiger partial charge in [0.1, 0.15) is 6.10 Å². The first kappa shape index (κ1) is 43.6. The summed E-state index contributed by atoms with van der Waals surface area (Å²) in [6.45, 7) is 19.0. The van der Waals surface area contributed by atoms with Crippen molar-refractivity contribution < 1.29 is 51.3 Å². The first-order valence-electron chi connectivity index (χ1n) is 15.5. The molecule has 1 heterocycles. The first-order valence-corrected chi connectivity index (χ1v) is 20.0. The molecule has 0 aliphatic heterocycles. The van der Waals surface area contributed by atoms with Gasteiger partial charge in [0.25, 0.3) is 5.56 Å². The van der Waals surface area contributed by atoms with E-state index in [1.165, 1.54) is 19.4 Å². The van der Waals surface area contributed by atoms with Crippen LogP contribution < -0.4 is 11.2 Å². The third kappa shape index (κ3) is 15.4. The Balaban J connectivity index is 3.49. The lowest BCUT2D eigenvalue weighted by Gasteiger charge is -2.37. The number of nitrogens with zero attached hydrogens (tertiary/aromatic N) is 1. The number of rotatable bonds is 19. The fourth-order valence-electron chi connectivity index (χ4n) is 3.08. The number of nitrogens with one attached hydrogen (secondary N) is 1. The third-order valence-corrected chi connectivity index (χ3v) is 13.1. The Bertz CT molecular complexity index is 1330. The minimum Gasteiger partial charge on any atom is -0.438 e. The lowest BCUT2D eigenvalue weighted by Crippen LogP contribution is -2.43. The zero-order valence-electron chi connectivity index (χ0n) is 30.4. The van der Waals surface area contributed by atoms with Crippen molar-refractivity contribution in [1.29, 1.82) is 0 Å². The second-order valence-corrected chi connectivity index (χ2v) is 21.2. The summed E-state index contributed by atoms with van der Waals surface area (Å²) < 4.78 is 59.5. The van der Waals surface area contributed by atoms with Crippen LogP contribution in [0, 0.1) is 10.8 Å². The number of hydrogen-bond donors (Lipinski definition) is 1. The molecule has 1 rings (SSSR count). The number of methoxy groups -OCH3 is 1. The molecule has 0 saturated heterocycles. The quantitative estimate of drug-likeness (QED) is 0.0668. The fraction of sp³-hybridized carbons (Fsp3) is 0.742. The molecular weight excluding hydrogens is 667 g/mol. The number of carbonyl (C=O) groups excluding carboxylic acids is 2. The van der Waals surface area contributed by atoms with Gasteiger partial charge >= 0.3 is 25.2 Å². The number of H-pyrrole nitrogens is 1. The van der Waals surface area contributed by atoms with Crippen molar-refractivity contribution in [2.45, 2.75) is 92.8 Å². The normalized spacial score (nSPS) is 14.6. The van der Waals surface area contributed by atoms with E-state index in [4.69, 9.17) is 37.2 Å². The largest absolute Gasteiger partial charge is 0.438 e. The molecular formula is C31H55N2O13PSi. The van der Waals surface area contributed by atoms with E-state index < -0.39 is 75.8 Å². The average Bonchev–Trinajstić information content (AvgIpc) is 2.94. The van der Waals surface area contributed by atoms with Crippen LogP contribution in [0.15, 0.2) is 33.7 Å². The van der Waals surface area contributed by atoms with Crippen LogP contribution in [0.3, 0.4) is 0 Å². The Morgan fingerprint density at radius 2 is 1.46 bits per heavy atom. The third-order valence-electron chi connectivity index (χ3n) is 7.15. The molecule has 0 amide bonds. The molecule has 0 bridgehead atoms. The van der Waals surface area contributed by atoms with E-state index >= 15 is 0 Å². The summed E-state index contributed by atoms with van der Waals surface area (Å²) in [5.74, 6) is -0.131. The molecule has 0 saturated carbocycles. The summed E-state index contributed by atoms with van der Waals surface area (Å²) in [4.78, 5) is 51.3. The molecule has 276 valence electrons. The number of aromatic nitrogens is 2.